The van der Waals surface area contributed by atoms with Crippen LogP contribution in [0.25, 0.3) is 10.3 Å². The molecule has 2 aliphatic rings. The van der Waals surface area contributed by atoms with Gasteiger partial charge in [-0.05, 0) is 64.7 Å². The molecule has 3 heterocycles. The summed E-state index contributed by atoms with van der Waals surface area (Å²) in [5.74, 6) is 1.40. The van der Waals surface area contributed by atoms with Crippen molar-refractivity contribution in [1.82, 2.24) is 19.9 Å². The quantitative estimate of drug-likeness (QED) is 0.798. The lowest BCUT2D eigenvalue weighted by molar-refractivity contribution is -0.00763. The molecule has 0 amide bonds. The zero-order valence-electron chi connectivity index (χ0n) is 18.0. The summed E-state index contributed by atoms with van der Waals surface area (Å²) in [6.45, 7) is 12.9. The fourth-order valence-corrected chi connectivity index (χ4v) is 6.01. The van der Waals surface area contributed by atoms with E-state index in [1.165, 1.54) is 30.7 Å². The van der Waals surface area contributed by atoms with Crippen molar-refractivity contribution in [2.24, 2.45) is 5.41 Å². The molecule has 1 unspecified atom stereocenters. The van der Waals surface area contributed by atoms with Crippen molar-refractivity contribution in [3.05, 3.63) is 16.5 Å². The molecule has 1 N–H and O–H groups in total. The van der Waals surface area contributed by atoms with Gasteiger partial charge in [-0.1, -0.05) is 25.2 Å². The number of fused-ring (bicyclic) bond motifs is 1. The van der Waals surface area contributed by atoms with Gasteiger partial charge in [-0.2, -0.15) is 0 Å². The van der Waals surface area contributed by atoms with Gasteiger partial charge in [0, 0.05) is 24.5 Å². The predicted octanol–water partition coefficient (Wildman–Crippen LogP) is 4.81. The van der Waals surface area contributed by atoms with Crippen LogP contribution in [0.3, 0.4) is 0 Å². The van der Waals surface area contributed by atoms with Crippen LogP contribution in [-0.2, 0) is 6.54 Å². The highest BCUT2D eigenvalue weighted by Crippen LogP contribution is 2.44. The first-order valence-corrected chi connectivity index (χ1v) is 11.5. The summed E-state index contributed by atoms with van der Waals surface area (Å²) in [4.78, 5) is 18.1. The van der Waals surface area contributed by atoms with E-state index in [-0.39, 0.29) is 11.6 Å². The summed E-state index contributed by atoms with van der Waals surface area (Å²) in [6, 6.07) is 0. The fraction of sp³-hybridized carbons (Fsp3) is 0.773. The van der Waals surface area contributed by atoms with E-state index >= 15 is 0 Å². The number of hydrogen-bond acceptors (Lipinski definition) is 6. The Balaban J connectivity index is 1.61. The summed E-state index contributed by atoms with van der Waals surface area (Å²) < 4.78 is 0. The van der Waals surface area contributed by atoms with Crippen LogP contribution >= 0.6 is 11.3 Å². The van der Waals surface area contributed by atoms with Crippen molar-refractivity contribution in [2.45, 2.75) is 97.2 Å². The van der Waals surface area contributed by atoms with Crippen molar-refractivity contribution < 1.29 is 5.11 Å². The molecule has 2 fully saturated rings. The van der Waals surface area contributed by atoms with Crippen LogP contribution < -0.4 is 0 Å². The Labute approximate surface area is 172 Å². The number of aromatic nitrogens is 3. The lowest BCUT2D eigenvalue weighted by Gasteiger charge is -2.44. The van der Waals surface area contributed by atoms with Crippen LogP contribution in [0.1, 0.15) is 88.7 Å². The first-order valence-electron chi connectivity index (χ1n) is 10.7. The summed E-state index contributed by atoms with van der Waals surface area (Å²) in [6.07, 6.45) is 6.44. The van der Waals surface area contributed by atoms with Crippen molar-refractivity contribution >= 4 is 21.7 Å². The molecular weight excluding hydrogens is 368 g/mol. The summed E-state index contributed by atoms with van der Waals surface area (Å²) in [7, 11) is 0. The highest BCUT2D eigenvalue weighted by Gasteiger charge is 2.35. The van der Waals surface area contributed by atoms with Crippen molar-refractivity contribution in [1.29, 1.82) is 0 Å². The highest BCUT2D eigenvalue weighted by atomic mass is 32.1. The van der Waals surface area contributed by atoms with Gasteiger partial charge in [0.1, 0.15) is 16.2 Å². The average Bonchev–Trinajstić information content (AvgIpc) is 3.00. The third kappa shape index (κ3) is 4.10. The lowest BCUT2D eigenvalue weighted by atomic mass is 9.73. The van der Waals surface area contributed by atoms with Gasteiger partial charge in [-0.3, -0.25) is 4.90 Å². The Morgan fingerprint density at radius 1 is 1.07 bits per heavy atom. The van der Waals surface area contributed by atoms with Gasteiger partial charge in [0.25, 0.3) is 0 Å². The van der Waals surface area contributed by atoms with E-state index in [2.05, 4.69) is 32.6 Å². The fourth-order valence-electron chi connectivity index (χ4n) is 4.83. The monoisotopic (exact) mass is 402 g/mol. The zero-order valence-corrected chi connectivity index (χ0v) is 18.8. The number of aliphatic hydroxyl groups is 1. The maximum atomic E-state index is 10.1. The van der Waals surface area contributed by atoms with Gasteiger partial charge in [0.2, 0.25) is 0 Å². The number of aryl methyl sites for hydroxylation is 1. The van der Waals surface area contributed by atoms with E-state index in [1.807, 2.05) is 6.92 Å². The minimum Gasteiger partial charge on any atom is -0.393 e. The topological polar surface area (TPSA) is 62.1 Å². The molecule has 4 rings (SSSR count). The number of rotatable bonds is 3. The van der Waals surface area contributed by atoms with E-state index in [1.54, 1.807) is 11.3 Å². The number of aliphatic hydroxyl groups excluding tert-OH is 1. The van der Waals surface area contributed by atoms with Gasteiger partial charge in [-0.15, -0.1) is 0 Å². The maximum Gasteiger partial charge on any atom is 0.147 e. The Bertz CT molecular complexity index is 850. The number of likely N-dealkylation sites (tertiary alicyclic amines) is 1. The van der Waals surface area contributed by atoms with Crippen molar-refractivity contribution in [2.75, 3.05) is 6.54 Å². The van der Waals surface area contributed by atoms with Crippen LogP contribution in [-0.4, -0.2) is 43.1 Å². The molecule has 1 atom stereocenters. The Morgan fingerprint density at radius 2 is 1.79 bits per heavy atom. The smallest absolute Gasteiger partial charge is 0.147 e. The van der Waals surface area contributed by atoms with Crippen LogP contribution in [0.2, 0.25) is 0 Å². The van der Waals surface area contributed by atoms with Crippen LogP contribution in [0.15, 0.2) is 0 Å². The molecule has 0 bridgehead atoms. The lowest BCUT2D eigenvalue weighted by Crippen LogP contribution is -2.50. The van der Waals surface area contributed by atoms with Gasteiger partial charge in [-0.25, -0.2) is 15.0 Å². The third-order valence-corrected chi connectivity index (χ3v) is 7.92. The van der Waals surface area contributed by atoms with Gasteiger partial charge >= 0.3 is 0 Å². The molecule has 6 heteroatoms. The molecule has 1 aliphatic heterocycles. The first-order chi connectivity index (χ1) is 13.1. The SMILES string of the molecule is Cc1nc(CN2CCC(O)CC2(C)C)c2nc(C3CCC(C)(C)CC3)sc2n1. The Hall–Kier alpha value is -1.11. The third-order valence-electron chi connectivity index (χ3n) is 6.81. The van der Waals surface area contributed by atoms with E-state index in [0.29, 0.717) is 11.3 Å². The van der Waals surface area contributed by atoms with Gasteiger partial charge in [0.05, 0.1) is 16.8 Å². The predicted molar refractivity (Wildman–Crippen MR) is 115 cm³/mol. The minimum atomic E-state index is -0.195. The maximum absolute atomic E-state index is 10.1. The second-order valence-corrected chi connectivity index (χ2v) is 11.3. The van der Waals surface area contributed by atoms with Crippen LogP contribution in [0.5, 0.6) is 0 Å². The summed E-state index contributed by atoms with van der Waals surface area (Å²) in [5.41, 5.74) is 2.48. The molecule has 2 aromatic rings. The van der Waals surface area contributed by atoms with Crippen LogP contribution in [0.4, 0.5) is 0 Å². The molecule has 0 aromatic carbocycles. The summed E-state index contributed by atoms with van der Waals surface area (Å²) in [5, 5.41) is 11.3. The Morgan fingerprint density at radius 3 is 2.46 bits per heavy atom. The molecule has 5 nitrogen and oxygen atoms in total. The molecule has 1 saturated carbocycles. The second kappa shape index (κ2) is 7.29. The molecular formula is C22H34N4OS. The summed E-state index contributed by atoms with van der Waals surface area (Å²) >= 11 is 1.77. The number of hydrogen-bond donors (Lipinski definition) is 1. The standard InChI is InChI=1S/C22H34N4OS/c1-14-23-17(13-26-11-8-16(27)12-22(26,4)5)18-20(24-14)28-19(25-18)15-6-9-21(2,3)10-7-15/h15-16,27H,6-13H2,1-5H3. The largest absolute Gasteiger partial charge is 0.393 e. The average molecular weight is 403 g/mol. The van der Waals surface area contributed by atoms with Crippen molar-refractivity contribution in [3.8, 4) is 0 Å². The van der Waals surface area contributed by atoms with E-state index < -0.39 is 0 Å². The van der Waals surface area contributed by atoms with E-state index in [9.17, 15) is 5.11 Å². The van der Waals surface area contributed by atoms with Crippen LogP contribution in [0, 0.1) is 12.3 Å². The number of thiazole rings is 1. The molecule has 1 saturated heterocycles. The molecule has 1 aliphatic carbocycles. The first kappa shape index (κ1) is 20.2. The molecule has 154 valence electrons. The number of nitrogens with zero attached hydrogens (tertiary/aromatic N) is 4. The molecule has 0 spiro atoms. The van der Waals surface area contributed by atoms with Gasteiger partial charge in [0.15, 0.2) is 0 Å². The zero-order chi connectivity index (χ0) is 20.1. The highest BCUT2D eigenvalue weighted by molar-refractivity contribution is 7.18. The molecule has 0 radical (unpaired) electrons. The Kier molecular flexibility index (Phi) is 5.26. The normalized spacial score (nSPS) is 26.0. The number of piperidine rings is 1. The molecule has 2 aromatic heterocycles. The molecule has 28 heavy (non-hydrogen) atoms. The van der Waals surface area contributed by atoms with Crippen molar-refractivity contribution in [3.63, 3.8) is 0 Å². The van der Waals surface area contributed by atoms with E-state index in [4.69, 9.17) is 15.0 Å². The van der Waals surface area contributed by atoms with E-state index in [0.717, 1.165) is 47.8 Å². The minimum absolute atomic E-state index is 0.0311. The van der Waals surface area contributed by atoms with Gasteiger partial charge < -0.3 is 5.11 Å². The second-order valence-electron chi connectivity index (χ2n) is 10.2.